The van der Waals surface area contributed by atoms with E-state index in [-0.39, 0.29) is 12.2 Å². The molecule has 0 aliphatic heterocycles. The molecule has 0 aliphatic carbocycles. The molecule has 2 nitrogen and oxygen atoms in total. The van der Waals surface area contributed by atoms with Crippen LogP contribution >= 0.6 is 0 Å². The molecule has 0 aliphatic rings. The second-order valence-electron chi connectivity index (χ2n) is 9.44. The average molecular weight is 425 g/mol. The Morgan fingerprint density at radius 2 is 0.935 bits per heavy atom. The van der Waals surface area contributed by atoms with Gasteiger partial charge in [-0.25, -0.2) is 0 Å². The van der Waals surface area contributed by atoms with E-state index in [2.05, 4.69) is 79.7 Å². The minimum absolute atomic E-state index is 0.265. The number of hydrogen-bond donors (Lipinski definition) is 0. The Hall–Kier alpha value is -1.96. The normalized spacial score (nSPS) is 13.2. The average Bonchev–Trinajstić information content (AvgIpc) is 2.70. The summed E-state index contributed by atoms with van der Waals surface area (Å²) in [6.07, 6.45) is 8.54. The van der Waals surface area contributed by atoms with Gasteiger partial charge < -0.3 is 9.47 Å². The second kappa shape index (κ2) is 12.2. The van der Waals surface area contributed by atoms with Crippen LogP contribution < -0.4 is 9.47 Å². The van der Waals surface area contributed by atoms with Gasteiger partial charge in [-0.3, -0.25) is 0 Å². The molecule has 0 N–H and O–H groups in total. The maximum atomic E-state index is 6.29. The predicted molar refractivity (Wildman–Crippen MR) is 134 cm³/mol. The van der Waals surface area contributed by atoms with E-state index in [0.717, 1.165) is 30.8 Å². The van der Waals surface area contributed by atoms with Gasteiger partial charge in [0.15, 0.2) is 0 Å². The molecule has 31 heavy (non-hydrogen) atoms. The van der Waals surface area contributed by atoms with Crippen molar-refractivity contribution < 1.29 is 9.47 Å². The molecule has 2 aromatic carbocycles. The van der Waals surface area contributed by atoms with E-state index in [1.54, 1.807) is 0 Å². The maximum absolute atomic E-state index is 6.29. The zero-order chi connectivity index (χ0) is 23.0. The van der Waals surface area contributed by atoms with Crippen molar-refractivity contribution in [2.45, 2.75) is 113 Å². The Bertz CT molecular complexity index is 721. The maximum Gasteiger partial charge on any atom is 0.125 e. The summed E-state index contributed by atoms with van der Waals surface area (Å²) in [6.45, 7) is 17.5. The Labute approximate surface area is 191 Å². The van der Waals surface area contributed by atoms with Gasteiger partial charge in [0.2, 0.25) is 0 Å². The highest BCUT2D eigenvalue weighted by Gasteiger charge is 2.13. The van der Waals surface area contributed by atoms with Gasteiger partial charge in [-0.15, -0.1) is 0 Å². The van der Waals surface area contributed by atoms with Crippen LogP contribution in [0.25, 0.3) is 0 Å². The summed E-state index contributed by atoms with van der Waals surface area (Å²) in [5.74, 6) is 2.12. The number of unbranched alkanes of at least 4 members (excludes halogenated alkanes) is 2. The molecule has 0 heterocycles. The van der Waals surface area contributed by atoms with Crippen LogP contribution in [0.3, 0.4) is 0 Å². The highest BCUT2D eigenvalue weighted by atomic mass is 16.5. The van der Waals surface area contributed by atoms with Crippen molar-refractivity contribution >= 4 is 0 Å². The van der Waals surface area contributed by atoms with E-state index in [0.29, 0.717) is 0 Å². The summed E-state index contributed by atoms with van der Waals surface area (Å²) in [7, 11) is 0. The molecule has 0 aromatic heterocycles. The summed E-state index contributed by atoms with van der Waals surface area (Å²) in [5.41, 5.74) is 7.61. The SMILES string of the molecule is CCCCC(C)Oc1c(C)cc(Cc2cc(C)c(OC(C)CCCC)c(C)c2)cc1C. The van der Waals surface area contributed by atoms with E-state index < -0.39 is 0 Å². The molecule has 0 saturated carbocycles. The first-order chi connectivity index (χ1) is 14.7. The van der Waals surface area contributed by atoms with E-state index in [1.165, 1.54) is 59.1 Å². The van der Waals surface area contributed by atoms with Crippen LogP contribution in [0, 0.1) is 27.7 Å². The molecule has 0 spiro atoms. The van der Waals surface area contributed by atoms with Gasteiger partial charge in [-0.1, -0.05) is 63.8 Å². The molecule has 0 radical (unpaired) electrons. The van der Waals surface area contributed by atoms with E-state index in [9.17, 15) is 0 Å². The fourth-order valence-electron chi connectivity index (χ4n) is 4.39. The van der Waals surface area contributed by atoms with Crippen molar-refractivity contribution in [2.24, 2.45) is 0 Å². The molecule has 172 valence electrons. The summed E-state index contributed by atoms with van der Waals surface area (Å²) in [6, 6.07) is 9.15. The molecule has 0 amide bonds. The van der Waals surface area contributed by atoms with Gasteiger partial charge in [0.25, 0.3) is 0 Å². The Balaban J connectivity index is 2.13. The van der Waals surface area contributed by atoms with Crippen LogP contribution in [0.1, 0.15) is 99.6 Å². The van der Waals surface area contributed by atoms with Crippen molar-refractivity contribution in [2.75, 3.05) is 0 Å². The molecular weight excluding hydrogens is 380 g/mol. The van der Waals surface area contributed by atoms with Crippen molar-refractivity contribution in [3.05, 3.63) is 57.6 Å². The largest absolute Gasteiger partial charge is 0.490 e. The zero-order valence-electron chi connectivity index (χ0n) is 21.2. The first kappa shape index (κ1) is 25.3. The third-order valence-corrected chi connectivity index (χ3v) is 6.01. The first-order valence-electron chi connectivity index (χ1n) is 12.3. The number of benzene rings is 2. The molecule has 2 unspecified atom stereocenters. The predicted octanol–water partition coefficient (Wildman–Crippen LogP) is 8.43. The molecule has 2 atom stereocenters. The highest BCUT2D eigenvalue weighted by molar-refractivity contribution is 5.47. The van der Waals surface area contributed by atoms with E-state index >= 15 is 0 Å². The lowest BCUT2D eigenvalue weighted by Gasteiger charge is -2.20. The van der Waals surface area contributed by atoms with Crippen LogP contribution in [-0.4, -0.2) is 12.2 Å². The van der Waals surface area contributed by atoms with Gasteiger partial charge in [-0.2, -0.15) is 0 Å². The fraction of sp³-hybridized carbons (Fsp3) is 0.586. The molecule has 0 bridgehead atoms. The van der Waals surface area contributed by atoms with Crippen molar-refractivity contribution in [3.8, 4) is 11.5 Å². The summed E-state index contributed by atoms with van der Waals surface area (Å²) < 4.78 is 12.6. The zero-order valence-corrected chi connectivity index (χ0v) is 21.2. The van der Waals surface area contributed by atoms with Gasteiger partial charge in [0.05, 0.1) is 12.2 Å². The van der Waals surface area contributed by atoms with Crippen LogP contribution in [0.2, 0.25) is 0 Å². The Morgan fingerprint density at radius 3 is 1.23 bits per heavy atom. The van der Waals surface area contributed by atoms with Crippen molar-refractivity contribution in [1.29, 1.82) is 0 Å². The lowest BCUT2D eigenvalue weighted by molar-refractivity contribution is 0.204. The number of aryl methyl sites for hydroxylation is 4. The standard InChI is InChI=1S/C29H44O2/c1-9-11-13-24(7)30-28-20(3)15-26(16-21(28)4)19-27-17-22(5)29(23(6)18-27)31-25(8)14-12-10-2/h15-18,24-25H,9-14,19H2,1-8H3. The smallest absolute Gasteiger partial charge is 0.125 e. The molecule has 2 heteroatoms. The Kier molecular flexibility index (Phi) is 9.93. The number of ether oxygens (including phenoxy) is 2. The monoisotopic (exact) mass is 424 g/mol. The van der Waals surface area contributed by atoms with Crippen LogP contribution in [0.15, 0.2) is 24.3 Å². The third-order valence-electron chi connectivity index (χ3n) is 6.01. The van der Waals surface area contributed by atoms with Crippen LogP contribution in [-0.2, 0) is 6.42 Å². The summed E-state index contributed by atoms with van der Waals surface area (Å²) in [5, 5.41) is 0. The van der Waals surface area contributed by atoms with Gasteiger partial charge in [-0.05, 0) is 94.2 Å². The minimum atomic E-state index is 0.265. The molecule has 2 rings (SSSR count). The van der Waals surface area contributed by atoms with Crippen LogP contribution in [0.4, 0.5) is 0 Å². The fourth-order valence-corrected chi connectivity index (χ4v) is 4.39. The summed E-state index contributed by atoms with van der Waals surface area (Å²) >= 11 is 0. The highest BCUT2D eigenvalue weighted by Crippen LogP contribution is 2.30. The lowest BCUT2D eigenvalue weighted by Crippen LogP contribution is -2.13. The van der Waals surface area contributed by atoms with Crippen molar-refractivity contribution in [3.63, 3.8) is 0 Å². The lowest BCUT2D eigenvalue weighted by atomic mass is 9.97. The Morgan fingerprint density at radius 1 is 0.613 bits per heavy atom. The van der Waals surface area contributed by atoms with Gasteiger partial charge in [0, 0.05) is 0 Å². The second-order valence-corrected chi connectivity index (χ2v) is 9.44. The summed E-state index contributed by atoms with van der Waals surface area (Å²) in [4.78, 5) is 0. The van der Waals surface area contributed by atoms with Crippen LogP contribution in [0.5, 0.6) is 11.5 Å². The van der Waals surface area contributed by atoms with Gasteiger partial charge in [0.1, 0.15) is 11.5 Å². The third kappa shape index (κ3) is 7.59. The van der Waals surface area contributed by atoms with E-state index in [4.69, 9.17) is 9.47 Å². The minimum Gasteiger partial charge on any atom is -0.490 e. The number of hydrogen-bond acceptors (Lipinski definition) is 2. The first-order valence-corrected chi connectivity index (χ1v) is 12.3. The molecule has 2 aromatic rings. The van der Waals surface area contributed by atoms with Crippen molar-refractivity contribution in [1.82, 2.24) is 0 Å². The number of rotatable bonds is 12. The molecule has 0 saturated heterocycles. The topological polar surface area (TPSA) is 18.5 Å². The molecule has 0 fully saturated rings. The molecular formula is C29H44O2. The van der Waals surface area contributed by atoms with E-state index in [1.807, 2.05) is 0 Å². The quantitative estimate of drug-likeness (QED) is 0.340. The van der Waals surface area contributed by atoms with Gasteiger partial charge >= 0.3 is 0 Å².